The summed E-state index contributed by atoms with van der Waals surface area (Å²) >= 11 is 0. The van der Waals surface area contributed by atoms with Gasteiger partial charge in [-0.2, -0.15) is 4.57 Å². The van der Waals surface area contributed by atoms with Gasteiger partial charge in [0.05, 0.1) is 5.10 Å². The van der Waals surface area contributed by atoms with Crippen molar-refractivity contribution in [3.05, 3.63) is 36.7 Å². The van der Waals surface area contributed by atoms with Gasteiger partial charge in [0.25, 0.3) is 0 Å². The van der Waals surface area contributed by atoms with Crippen molar-refractivity contribution in [1.29, 1.82) is 0 Å². The standard InChI is InChI=1S/C14H18N3O.BF4/c1-14(2,3)12-9-18-13-15-17(10-16(12)13)11-7-5-4-6-8-11;2-1(3,4)5/h4-8,10,12H,9H2,1-3H3;/q+1;-1/t12-;/m1./s1. The van der Waals surface area contributed by atoms with Gasteiger partial charge in [-0.05, 0) is 17.5 Å². The predicted octanol–water partition coefficient (Wildman–Crippen LogP) is 3.44. The van der Waals surface area contributed by atoms with Gasteiger partial charge in [0.15, 0.2) is 0 Å². The summed E-state index contributed by atoms with van der Waals surface area (Å²) in [6.07, 6.45) is 2.02. The van der Waals surface area contributed by atoms with Gasteiger partial charge >= 0.3 is 13.3 Å². The van der Waals surface area contributed by atoms with E-state index in [1.54, 1.807) is 0 Å². The third-order valence-electron chi connectivity index (χ3n) is 3.37. The number of ether oxygens (including phenoxy) is 1. The van der Waals surface area contributed by atoms with Gasteiger partial charge < -0.3 is 22.0 Å². The molecular weight excluding hydrogens is 313 g/mol. The molecule has 4 nitrogen and oxygen atoms in total. The quantitative estimate of drug-likeness (QED) is 0.455. The number of para-hydroxylation sites is 1. The van der Waals surface area contributed by atoms with Crippen LogP contribution in [-0.4, -0.2) is 23.6 Å². The smallest absolute Gasteiger partial charge is 0.435 e. The Morgan fingerprint density at radius 3 is 2.26 bits per heavy atom. The van der Waals surface area contributed by atoms with Gasteiger partial charge in [0.2, 0.25) is 6.33 Å². The van der Waals surface area contributed by atoms with Crippen LogP contribution in [-0.2, 0) is 0 Å². The van der Waals surface area contributed by atoms with Crippen LogP contribution in [0.4, 0.5) is 17.3 Å². The fourth-order valence-electron chi connectivity index (χ4n) is 2.26. The molecule has 1 aromatic heterocycles. The van der Waals surface area contributed by atoms with Crippen molar-refractivity contribution in [1.82, 2.24) is 9.78 Å². The van der Waals surface area contributed by atoms with E-state index in [4.69, 9.17) is 4.74 Å². The van der Waals surface area contributed by atoms with Crippen LogP contribution in [0, 0.1) is 5.41 Å². The van der Waals surface area contributed by atoms with Crippen molar-refractivity contribution in [2.24, 2.45) is 5.41 Å². The summed E-state index contributed by atoms with van der Waals surface area (Å²) in [6, 6.07) is 11.1. The Balaban J connectivity index is 0.000000338. The van der Waals surface area contributed by atoms with E-state index in [0.717, 1.165) is 5.69 Å². The van der Waals surface area contributed by atoms with E-state index >= 15 is 0 Å². The molecule has 0 unspecified atom stereocenters. The zero-order valence-electron chi connectivity index (χ0n) is 13.1. The Kier molecular flexibility index (Phi) is 4.67. The highest BCUT2D eigenvalue weighted by Gasteiger charge is 2.40. The maximum absolute atomic E-state index is 9.75. The molecule has 3 rings (SSSR count). The molecule has 0 aliphatic carbocycles. The van der Waals surface area contributed by atoms with Crippen LogP contribution >= 0.6 is 0 Å². The summed E-state index contributed by atoms with van der Waals surface area (Å²) in [5.41, 5.74) is 1.22. The van der Waals surface area contributed by atoms with E-state index in [2.05, 4.69) is 30.4 Å². The number of fused-ring (bicyclic) bond motifs is 1. The first-order valence-electron chi connectivity index (χ1n) is 7.12. The average Bonchev–Trinajstić information content (AvgIpc) is 2.95. The minimum atomic E-state index is -6.00. The predicted molar refractivity (Wildman–Crippen MR) is 77.9 cm³/mol. The number of halogens is 4. The second-order valence-corrected chi connectivity index (χ2v) is 6.27. The molecule has 1 atom stereocenters. The highest BCUT2D eigenvalue weighted by atomic mass is 19.5. The monoisotopic (exact) mass is 331 g/mol. The highest BCUT2D eigenvalue weighted by molar-refractivity contribution is 6.50. The lowest BCUT2D eigenvalue weighted by molar-refractivity contribution is -0.717. The number of rotatable bonds is 1. The number of nitrogens with zero attached hydrogens (tertiary/aromatic N) is 3. The topological polar surface area (TPSA) is 30.9 Å². The Morgan fingerprint density at radius 1 is 1.17 bits per heavy atom. The van der Waals surface area contributed by atoms with Crippen molar-refractivity contribution < 1.29 is 26.6 Å². The van der Waals surface area contributed by atoms with Gasteiger partial charge in [0, 0.05) is 0 Å². The summed E-state index contributed by atoms with van der Waals surface area (Å²) < 4.78 is 48.7. The fourth-order valence-corrected chi connectivity index (χ4v) is 2.26. The molecule has 0 spiro atoms. The van der Waals surface area contributed by atoms with Crippen LogP contribution < -0.4 is 9.30 Å². The number of hydrogen-bond acceptors (Lipinski definition) is 2. The van der Waals surface area contributed by atoms with Gasteiger partial charge in [-0.3, -0.25) is 0 Å². The van der Waals surface area contributed by atoms with Crippen molar-refractivity contribution in [2.75, 3.05) is 6.61 Å². The Labute approximate surface area is 131 Å². The molecule has 0 saturated carbocycles. The minimum Gasteiger partial charge on any atom is -0.435 e. The minimum absolute atomic E-state index is 0.167. The Hall–Kier alpha value is -2.06. The summed E-state index contributed by atoms with van der Waals surface area (Å²) in [4.78, 5) is 0. The second kappa shape index (κ2) is 6.21. The molecule has 0 fully saturated rings. The number of benzene rings is 1. The third kappa shape index (κ3) is 4.71. The molecule has 2 heterocycles. The van der Waals surface area contributed by atoms with Crippen LogP contribution in [0.15, 0.2) is 36.7 Å². The van der Waals surface area contributed by atoms with E-state index in [1.165, 1.54) is 0 Å². The maximum Gasteiger partial charge on any atom is 0.673 e. The van der Waals surface area contributed by atoms with E-state index < -0.39 is 7.25 Å². The molecular formula is C14H18BF4N3O. The lowest BCUT2D eigenvalue weighted by atomic mass is 9.87. The van der Waals surface area contributed by atoms with E-state index in [-0.39, 0.29) is 5.41 Å². The first kappa shape index (κ1) is 17.3. The number of hydrogen-bond donors (Lipinski definition) is 0. The van der Waals surface area contributed by atoms with Gasteiger partial charge in [-0.15, -0.1) is 0 Å². The zero-order valence-corrected chi connectivity index (χ0v) is 13.1. The Bertz CT molecular complexity index is 646. The van der Waals surface area contributed by atoms with Crippen LogP contribution in [0.1, 0.15) is 26.8 Å². The first-order chi connectivity index (χ1) is 10.6. The maximum atomic E-state index is 9.75. The van der Waals surface area contributed by atoms with Gasteiger partial charge in [0.1, 0.15) is 18.3 Å². The second-order valence-electron chi connectivity index (χ2n) is 6.27. The number of aromatic nitrogens is 3. The molecule has 0 amide bonds. The molecule has 9 heteroatoms. The van der Waals surface area contributed by atoms with Crippen LogP contribution in [0.5, 0.6) is 6.01 Å². The largest absolute Gasteiger partial charge is 0.673 e. The van der Waals surface area contributed by atoms with Crippen LogP contribution in [0.3, 0.4) is 0 Å². The molecule has 0 N–H and O–H groups in total. The van der Waals surface area contributed by atoms with Crippen molar-refractivity contribution in [3.8, 4) is 11.7 Å². The molecule has 2 aromatic rings. The molecule has 1 aliphatic heterocycles. The highest BCUT2D eigenvalue weighted by Crippen LogP contribution is 2.31. The third-order valence-corrected chi connectivity index (χ3v) is 3.37. The molecule has 0 saturated heterocycles. The van der Waals surface area contributed by atoms with Crippen molar-refractivity contribution in [2.45, 2.75) is 26.8 Å². The first-order valence-corrected chi connectivity index (χ1v) is 7.12. The molecule has 0 radical (unpaired) electrons. The lowest BCUT2D eigenvalue weighted by Crippen LogP contribution is -2.42. The summed E-state index contributed by atoms with van der Waals surface area (Å²) in [6.45, 7) is 7.39. The summed E-state index contributed by atoms with van der Waals surface area (Å²) in [5.74, 6) is 0. The fraction of sp³-hybridized carbons (Fsp3) is 0.429. The van der Waals surface area contributed by atoms with E-state index in [9.17, 15) is 17.3 Å². The summed E-state index contributed by atoms with van der Waals surface area (Å²) in [7, 11) is -6.00. The molecule has 1 aromatic carbocycles. The van der Waals surface area contributed by atoms with Gasteiger partial charge in [-0.1, -0.05) is 43.7 Å². The van der Waals surface area contributed by atoms with Crippen molar-refractivity contribution >= 4 is 7.25 Å². The van der Waals surface area contributed by atoms with E-state index in [1.807, 2.05) is 41.3 Å². The molecule has 126 valence electrons. The molecule has 0 bridgehead atoms. The Morgan fingerprint density at radius 2 is 1.74 bits per heavy atom. The molecule has 1 aliphatic rings. The zero-order chi connectivity index (χ0) is 17.3. The normalized spacial score (nSPS) is 17.1. The summed E-state index contributed by atoms with van der Waals surface area (Å²) in [5, 5.41) is 4.48. The molecule has 23 heavy (non-hydrogen) atoms. The average molecular weight is 331 g/mol. The van der Waals surface area contributed by atoms with Crippen molar-refractivity contribution in [3.63, 3.8) is 0 Å². The lowest BCUT2D eigenvalue weighted by Gasteiger charge is -2.22. The van der Waals surface area contributed by atoms with E-state index in [0.29, 0.717) is 18.7 Å². The van der Waals surface area contributed by atoms with Crippen LogP contribution in [0.25, 0.3) is 5.69 Å². The van der Waals surface area contributed by atoms with Crippen LogP contribution in [0.2, 0.25) is 0 Å². The van der Waals surface area contributed by atoms with Gasteiger partial charge in [-0.25, -0.2) is 0 Å². The SMILES string of the molecule is CC(C)(C)[C@H]1COc2nn(-c3ccccc3)c[n+]21.F[B-](F)(F)F.